The van der Waals surface area contributed by atoms with Crippen LogP contribution in [-0.2, 0) is 21.2 Å². The highest BCUT2D eigenvalue weighted by Crippen LogP contribution is 2.30. The summed E-state index contributed by atoms with van der Waals surface area (Å²) in [6, 6.07) is 14.8. The summed E-state index contributed by atoms with van der Waals surface area (Å²) in [7, 11) is -3.46. The third-order valence-electron chi connectivity index (χ3n) is 4.79. The fraction of sp³-hybridized carbons (Fsp3) is 0.300. The first kappa shape index (κ1) is 19.0. The summed E-state index contributed by atoms with van der Waals surface area (Å²) < 4.78 is 27.7. The molecule has 0 unspecified atom stereocenters. The lowest BCUT2D eigenvalue weighted by Gasteiger charge is -2.15. The van der Waals surface area contributed by atoms with E-state index in [4.69, 9.17) is 0 Å². The number of hydrogen-bond acceptors (Lipinski definition) is 5. The Labute approximate surface area is 168 Å². The molecule has 1 amide bonds. The summed E-state index contributed by atoms with van der Waals surface area (Å²) in [5.41, 5.74) is 1.79. The number of sulfonamides is 1. The van der Waals surface area contributed by atoms with Gasteiger partial charge in [-0.15, -0.1) is 0 Å². The van der Waals surface area contributed by atoms with Crippen LogP contribution in [0.2, 0.25) is 0 Å². The summed E-state index contributed by atoms with van der Waals surface area (Å²) >= 11 is 1.29. The number of carbonyl (C=O) groups is 1. The van der Waals surface area contributed by atoms with Crippen LogP contribution in [0.4, 0.5) is 5.13 Å². The maximum atomic E-state index is 12.7. The van der Waals surface area contributed by atoms with Crippen molar-refractivity contribution in [3.05, 3.63) is 54.1 Å². The highest BCUT2D eigenvalue weighted by molar-refractivity contribution is 7.89. The van der Waals surface area contributed by atoms with Gasteiger partial charge in [0.2, 0.25) is 15.9 Å². The van der Waals surface area contributed by atoms with Crippen LogP contribution in [0, 0.1) is 0 Å². The molecule has 0 spiro atoms. The first-order valence-corrected chi connectivity index (χ1v) is 11.5. The standard InChI is InChI=1S/C20H21N3O3S2/c24-19(11-8-15-6-2-1-3-7-15)22-20-21-17-10-9-16(14-18(17)27-20)28(25,26)23-12-4-5-13-23/h1-3,6-7,9-10,14H,4-5,8,11-13H2,(H,21,22,24). The third-order valence-corrected chi connectivity index (χ3v) is 7.62. The minimum Gasteiger partial charge on any atom is -0.302 e. The topological polar surface area (TPSA) is 79.4 Å². The Kier molecular flexibility index (Phi) is 5.43. The average Bonchev–Trinajstić information content (AvgIpc) is 3.36. The smallest absolute Gasteiger partial charge is 0.243 e. The zero-order chi connectivity index (χ0) is 19.6. The minimum atomic E-state index is -3.46. The van der Waals surface area contributed by atoms with Crippen LogP contribution in [0.3, 0.4) is 0 Å². The van der Waals surface area contributed by atoms with Gasteiger partial charge in [0.05, 0.1) is 15.1 Å². The number of aryl methyl sites for hydroxylation is 1. The Morgan fingerprint density at radius 3 is 2.61 bits per heavy atom. The number of anilines is 1. The Hall–Kier alpha value is -2.29. The molecule has 1 aromatic heterocycles. The number of amides is 1. The zero-order valence-corrected chi connectivity index (χ0v) is 16.9. The van der Waals surface area contributed by atoms with Gasteiger partial charge in [-0.3, -0.25) is 4.79 Å². The van der Waals surface area contributed by atoms with Gasteiger partial charge in [-0.2, -0.15) is 4.31 Å². The number of carbonyl (C=O) groups excluding carboxylic acids is 1. The van der Waals surface area contributed by atoms with Gasteiger partial charge in [0.1, 0.15) is 0 Å². The Morgan fingerprint density at radius 2 is 1.86 bits per heavy atom. The molecule has 0 atom stereocenters. The molecule has 28 heavy (non-hydrogen) atoms. The third kappa shape index (κ3) is 4.09. The van der Waals surface area contributed by atoms with Crippen LogP contribution >= 0.6 is 11.3 Å². The Morgan fingerprint density at radius 1 is 1.11 bits per heavy atom. The quantitative estimate of drug-likeness (QED) is 0.666. The average molecular weight is 416 g/mol. The molecule has 146 valence electrons. The van der Waals surface area contributed by atoms with Gasteiger partial charge in [0.15, 0.2) is 5.13 Å². The van der Waals surface area contributed by atoms with Crippen LogP contribution < -0.4 is 5.32 Å². The van der Waals surface area contributed by atoms with Gasteiger partial charge >= 0.3 is 0 Å². The van der Waals surface area contributed by atoms with Crippen molar-refractivity contribution < 1.29 is 13.2 Å². The van der Waals surface area contributed by atoms with Crippen molar-refractivity contribution in [2.24, 2.45) is 0 Å². The lowest BCUT2D eigenvalue weighted by atomic mass is 10.1. The second kappa shape index (κ2) is 7.98. The number of nitrogens with one attached hydrogen (secondary N) is 1. The van der Waals surface area contributed by atoms with E-state index in [0.717, 1.165) is 23.1 Å². The molecular weight excluding hydrogens is 394 g/mol. The summed E-state index contributed by atoms with van der Waals surface area (Å²) in [5.74, 6) is -0.104. The number of hydrogen-bond donors (Lipinski definition) is 1. The van der Waals surface area contributed by atoms with Crippen LogP contribution in [0.1, 0.15) is 24.8 Å². The molecule has 2 aromatic carbocycles. The second-order valence-corrected chi connectivity index (χ2v) is 9.76. The van der Waals surface area contributed by atoms with Crippen molar-refractivity contribution in [3.63, 3.8) is 0 Å². The summed E-state index contributed by atoms with van der Waals surface area (Å²) in [4.78, 5) is 16.9. The molecule has 4 rings (SSSR count). The fourth-order valence-corrected chi connectivity index (χ4v) is 5.82. The summed E-state index contributed by atoms with van der Waals surface area (Å²) in [6.07, 6.45) is 2.84. The Bertz CT molecular complexity index is 1090. The molecule has 0 saturated carbocycles. The lowest BCUT2D eigenvalue weighted by molar-refractivity contribution is -0.116. The zero-order valence-electron chi connectivity index (χ0n) is 15.3. The van der Waals surface area contributed by atoms with E-state index in [1.807, 2.05) is 30.3 Å². The second-order valence-electron chi connectivity index (χ2n) is 6.79. The molecule has 0 radical (unpaired) electrons. The van der Waals surface area contributed by atoms with Crippen LogP contribution in [0.5, 0.6) is 0 Å². The summed E-state index contributed by atoms with van der Waals surface area (Å²) in [6.45, 7) is 1.15. The van der Waals surface area contributed by atoms with E-state index < -0.39 is 10.0 Å². The van der Waals surface area contributed by atoms with E-state index in [-0.39, 0.29) is 10.8 Å². The van der Waals surface area contributed by atoms with E-state index in [0.29, 0.717) is 36.6 Å². The highest BCUT2D eigenvalue weighted by Gasteiger charge is 2.27. The molecule has 0 bridgehead atoms. The lowest BCUT2D eigenvalue weighted by Crippen LogP contribution is -2.27. The number of fused-ring (bicyclic) bond motifs is 1. The van der Waals surface area contributed by atoms with Crippen molar-refractivity contribution >= 4 is 42.6 Å². The minimum absolute atomic E-state index is 0.104. The predicted octanol–water partition coefficient (Wildman–Crippen LogP) is 3.65. The van der Waals surface area contributed by atoms with Gasteiger partial charge in [-0.25, -0.2) is 13.4 Å². The van der Waals surface area contributed by atoms with E-state index >= 15 is 0 Å². The van der Waals surface area contributed by atoms with Gasteiger partial charge in [0, 0.05) is 19.5 Å². The van der Waals surface area contributed by atoms with Crippen molar-refractivity contribution in [2.75, 3.05) is 18.4 Å². The SMILES string of the molecule is O=C(CCc1ccccc1)Nc1nc2ccc(S(=O)(=O)N3CCCC3)cc2s1. The number of benzene rings is 2. The molecule has 1 N–H and O–H groups in total. The maximum Gasteiger partial charge on any atom is 0.243 e. The molecule has 0 aliphatic carbocycles. The van der Waals surface area contributed by atoms with Crippen molar-refractivity contribution in [1.29, 1.82) is 0 Å². The molecule has 1 aliphatic heterocycles. The first-order chi connectivity index (χ1) is 13.5. The van der Waals surface area contributed by atoms with Crippen LogP contribution in [-0.4, -0.2) is 36.7 Å². The van der Waals surface area contributed by atoms with Gasteiger partial charge in [-0.1, -0.05) is 41.7 Å². The molecule has 1 saturated heterocycles. The molecule has 1 fully saturated rings. The van der Waals surface area contributed by atoms with Crippen molar-refractivity contribution in [3.8, 4) is 0 Å². The van der Waals surface area contributed by atoms with E-state index in [9.17, 15) is 13.2 Å². The van der Waals surface area contributed by atoms with Crippen molar-refractivity contribution in [2.45, 2.75) is 30.6 Å². The number of rotatable bonds is 6. The van der Waals surface area contributed by atoms with Gasteiger partial charge < -0.3 is 5.32 Å². The Balaban J connectivity index is 1.46. The number of aromatic nitrogens is 1. The predicted molar refractivity (Wildman–Crippen MR) is 111 cm³/mol. The molecular formula is C20H21N3O3S2. The molecule has 2 heterocycles. The number of nitrogens with zero attached hydrogens (tertiary/aromatic N) is 2. The monoisotopic (exact) mass is 415 g/mol. The van der Waals surface area contributed by atoms with E-state index in [2.05, 4.69) is 10.3 Å². The van der Waals surface area contributed by atoms with Crippen LogP contribution in [0.15, 0.2) is 53.4 Å². The van der Waals surface area contributed by atoms with E-state index in [1.54, 1.807) is 18.2 Å². The molecule has 8 heteroatoms. The molecule has 6 nitrogen and oxygen atoms in total. The van der Waals surface area contributed by atoms with Gasteiger partial charge in [0.25, 0.3) is 0 Å². The first-order valence-electron chi connectivity index (χ1n) is 9.27. The molecule has 3 aromatic rings. The van der Waals surface area contributed by atoms with Gasteiger partial charge in [-0.05, 0) is 43.0 Å². The van der Waals surface area contributed by atoms with Crippen molar-refractivity contribution in [1.82, 2.24) is 9.29 Å². The van der Waals surface area contributed by atoms with E-state index in [1.165, 1.54) is 15.6 Å². The number of thiazole rings is 1. The summed E-state index contributed by atoms with van der Waals surface area (Å²) in [5, 5.41) is 3.31. The molecule has 1 aliphatic rings. The largest absolute Gasteiger partial charge is 0.302 e. The fourth-order valence-electron chi connectivity index (χ4n) is 3.28. The highest BCUT2D eigenvalue weighted by atomic mass is 32.2. The normalized spacial score (nSPS) is 15.1. The maximum absolute atomic E-state index is 12.7. The van der Waals surface area contributed by atoms with Crippen LogP contribution in [0.25, 0.3) is 10.2 Å².